The summed E-state index contributed by atoms with van der Waals surface area (Å²) in [5, 5.41) is 6.95. The second kappa shape index (κ2) is 11.8. The van der Waals surface area contributed by atoms with Crippen LogP contribution >= 0.6 is 0 Å². The summed E-state index contributed by atoms with van der Waals surface area (Å²) in [6, 6.07) is 61.4. The molecule has 0 aliphatic heterocycles. The SMILES string of the molecule is [C-]#[N+]c1ccc2c(c1)c1ccccc1n2-c1cccc(-c2cc(-n3c4ccccc4c4c(-n5c6ccccc6c6ccccc65)cccc43)ccc2[N+]#[C-])c1. The summed E-state index contributed by atoms with van der Waals surface area (Å²) in [5.74, 6) is 0. The van der Waals surface area contributed by atoms with Crippen LogP contribution in [0.3, 0.4) is 0 Å². The molecular formula is C50H29N5. The van der Waals surface area contributed by atoms with Crippen LogP contribution in [0.2, 0.25) is 0 Å². The molecule has 254 valence electrons. The summed E-state index contributed by atoms with van der Waals surface area (Å²) < 4.78 is 7.00. The quantitative estimate of drug-likeness (QED) is 0.163. The molecule has 0 amide bonds. The molecule has 8 aromatic carbocycles. The number of fused-ring (bicyclic) bond motifs is 9. The summed E-state index contributed by atoms with van der Waals surface area (Å²) in [4.78, 5) is 7.71. The van der Waals surface area contributed by atoms with Gasteiger partial charge in [-0.15, -0.1) is 0 Å². The van der Waals surface area contributed by atoms with E-state index in [1.165, 1.54) is 32.6 Å². The molecule has 3 aromatic heterocycles. The topological polar surface area (TPSA) is 23.5 Å². The minimum absolute atomic E-state index is 0.594. The van der Waals surface area contributed by atoms with Crippen LogP contribution in [0, 0.1) is 13.1 Å². The van der Waals surface area contributed by atoms with Crippen LogP contribution in [-0.4, -0.2) is 13.7 Å². The van der Waals surface area contributed by atoms with Gasteiger partial charge in [0, 0.05) is 38.3 Å². The van der Waals surface area contributed by atoms with Gasteiger partial charge >= 0.3 is 0 Å². The summed E-state index contributed by atoms with van der Waals surface area (Å²) >= 11 is 0. The monoisotopic (exact) mass is 699 g/mol. The van der Waals surface area contributed by atoms with E-state index >= 15 is 0 Å². The molecule has 0 aliphatic rings. The van der Waals surface area contributed by atoms with Gasteiger partial charge in [0.1, 0.15) is 0 Å². The summed E-state index contributed by atoms with van der Waals surface area (Å²) in [7, 11) is 0. The molecule has 0 fully saturated rings. The van der Waals surface area contributed by atoms with Crippen LogP contribution < -0.4 is 0 Å². The first-order chi connectivity index (χ1) is 27.2. The van der Waals surface area contributed by atoms with Crippen molar-refractivity contribution in [2.45, 2.75) is 0 Å². The van der Waals surface area contributed by atoms with Crippen LogP contribution in [0.25, 0.3) is 103 Å². The molecule has 0 spiro atoms. The first-order valence-electron chi connectivity index (χ1n) is 18.3. The van der Waals surface area contributed by atoms with E-state index in [0.29, 0.717) is 11.4 Å². The third kappa shape index (κ3) is 4.45. The minimum atomic E-state index is 0.594. The highest BCUT2D eigenvalue weighted by atomic mass is 15.0. The fourth-order valence-electron chi connectivity index (χ4n) is 8.76. The first-order valence-corrected chi connectivity index (χ1v) is 18.3. The van der Waals surface area contributed by atoms with E-state index in [9.17, 15) is 0 Å². The largest absolute Gasteiger partial charge is 0.309 e. The summed E-state index contributed by atoms with van der Waals surface area (Å²) in [6.45, 7) is 15.8. The molecular weight excluding hydrogens is 671 g/mol. The van der Waals surface area contributed by atoms with Crippen molar-refractivity contribution in [3.63, 3.8) is 0 Å². The molecule has 0 aliphatic carbocycles. The average molecular weight is 700 g/mol. The second-order valence-electron chi connectivity index (χ2n) is 13.9. The van der Waals surface area contributed by atoms with E-state index in [-0.39, 0.29) is 0 Å². The number of aromatic nitrogens is 3. The second-order valence-corrected chi connectivity index (χ2v) is 13.9. The van der Waals surface area contributed by atoms with E-state index < -0.39 is 0 Å². The van der Waals surface area contributed by atoms with E-state index in [2.05, 4.69) is 169 Å². The molecule has 5 nitrogen and oxygen atoms in total. The number of para-hydroxylation sites is 4. The van der Waals surface area contributed by atoms with Crippen molar-refractivity contribution >= 4 is 76.8 Å². The van der Waals surface area contributed by atoms with Gasteiger partial charge in [0.15, 0.2) is 11.4 Å². The van der Waals surface area contributed by atoms with Crippen LogP contribution in [0.1, 0.15) is 0 Å². The van der Waals surface area contributed by atoms with Crippen molar-refractivity contribution in [2.24, 2.45) is 0 Å². The van der Waals surface area contributed by atoms with Crippen molar-refractivity contribution in [2.75, 3.05) is 0 Å². The highest BCUT2D eigenvalue weighted by molar-refractivity contribution is 6.16. The zero-order valence-corrected chi connectivity index (χ0v) is 29.5. The Morgan fingerprint density at radius 3 is 1.60 bits per heavy atom. The highest BCUT2D eigenvalue weighted by Crippen LogP contribution is 2.42. The van der Waals surface area contributed by atoms with Crippen molar-refractivity contribution in [1.29, 1.82) is 0 Å². The van der Waals surface area contributed by atoms with Gasteiger partial charge in [-0.05, 0) is 89.3 Å². The van der Waals surface area contributed by atoms with Gasteiger partial charge in [-0.3, -0.25) is 0 Å². The fourth-order valence-corrected chi connectivity index (χ4v) is 8.76. The third-order valence-electron chi connectivity index (χ3n) is 11.1. The Kier molecular flexibility index (Phi) is 6.61. The Morgan fingerprint density at radius 1 is 0.364 bits per heavy atom. The summed E-state index contributed by atoms with van der Waals surface area (Å²) in [5.41, 5.74) is 12.8. The van der Waals surface area contributed by atoms with Gasteiger partial charge in [0.2, 0.25) is 0 Å². The molecule has 0 bridgehead atoms. The zero-order chi connectivity index (χ0) is 36.6. The average Bonchev–Trinajstić information content (AvgIpc) is 3.89. The minimum Gasteiger partial charge on any atom is -0.309 e. The lowest BCUT2D eigenvalue weighted by Gasteiger charge is -2.14. The van der Waals surface area contributed by atoms with Crippen LogP contribution in [-0.2, 0) is 0 Å². The van der Waals surface area contributed by atoms with Gasteiger partial charge in [0.25, 0.3) is 0 Å². The van der Waals surface area contributed by atoms with Crippen molar-refractivity contribution in [3.8, 4) is 28.2 Å². The Bertz CT molecular complexity index is 3420. The smallest absolute Gasteiger partial charge is 0.195 e. The fraction of sp³-hybridized carbons (Fsp3) is 0. The normalized spacial score (nSPS) is 11.6. The molecule has 0 saturated carbocycles. The molecule has 0 radical (unpaired) electrons. The standard InChI is InChI=1S/C50H29N5/c1-51-33-25-28-47-41(30-33)38-17-5-7-19-43(38)53(47)34-14-11-13-32(29-34)40-31-35(26-27-42(40)52-2)54-46-22-10-6-18-39(46)50-48(54)23-12-24-49(50)55-44-20-8-3-15-36(44)37-16-4-9-21-45(37)55/h3-31H. The van der Waals surface area contributed by atoms with Gasteiger partial charge in [0.05, 0.1) is 51.9 Å². The number of rotatable bonds is 4. The molecule has 0 atom stereocenters. The Hall–Kier alpha value is -7.86. The Morgan fingerprint density at radius 2 is 0.909 bits per heavy atom. The molecule has 5 heteroatoms. The van der Waals surface area contributed by atoms with E-state index in [1.807, 2.05) is 30.3 Å². The molecule has 11 aromatic rings. The van der Waals surface area contributed by atoms with Gasteiger partial charge in [-0.25, -0.2) is 9.69 Å². The van der Waals surface area contributed by atoms with Gasteiger partial charge in [-0.2, -0.15) is 0 Å². The molecule has 11 rings (SSSR count). The molecule has 55 heavy (non-hydrogen) atoms. The molecule has 0 saturated heterocycles. The number of hydrogen-bond acceptors (Lipinski definition) is 0. The predicted octanol–water partition coefficient (Wildman–Crippen LogP) is 13.7. The van der Waals surface area contributed by atoms with Crippen molar-refractivity contribution < 1.29 is 0 Å². The van der Waals surface area contributed by atoms with Crippen molar-refractivity contribution in [1.82, 2.24) is 13.7 Å². The third-order valence-corrected chi connectivity index (χ3v) is 11.1. The maximum absolute atomic E-state index is 8.21. The van der Waals surface area contributed by atoms with Crippen LogP contribution in [0.15, 0.2) is 176 Å². The number of hydrogen-bond donors (Lipinski definition) is 0. The first kappa shape index (κ1) is 30.7. The Balaban J connectivity index is 1.13. The lowest BCUT2D eigenvalue weighted by atomic mass is 10.0. The number of nitrogens with zero attached hydrogens (tertiary/aromatic N) is 5. The lowest BCUT2D eigenvalue weighted by molar-refractivity contribution is 1.17. The molecule has 0 unspecified atom stereocenters. The molecule has 3 heterocycles. The van der Waals surface area contributed by atoms with E-state index in [1.54, 1.807) is 0 Å². The maximum atomic E-state index is 8.21. The maximum Gasteiger partial charge on any atom is 0.195 e. The van der Waals surface area contributed by atoms with Crippen LogP contribution in [0.4, 0.5) is 11.4 Å². The van der Waals surface area contributed by atoms with E-state index in [4.69, 9.17) is 13.1 Å². The Labute approximate surface area is 316 Å². The highest BCUT2D eigenvalue weighted by Gasteiger charge is 2.20. The van der Waals surface area contributed by atoms with Gasteiger partial charge < -0.3 is 13.7 Å². The van der Waals surface area contributed by atoms with Crippen molar-refractivity contribution in [3.05, 3.63) is 199 Å². The zero-order valence-electron chi connectivity index (χ0n) is 29.5. The lowest BCUT2D eigenvalue weighted by Crippen LogP contribution is -1.97. The predicted molar refractivity (Wildman–Crippen MR) is 227 cm³/mol. The van der Waals surface area contributed by atoms with E-state index in [0.717, 1.165) is 61.0 Å². The van der Waals surface area contributed by atoms with Gasteiger partial charge in [-0.1, -0.05) is 103 Å². The molecule has 0 N–H and O–H groups in total. The summed E-state index contributed by atoms with van der Waals surface area (Å²) in [6.07, 6.45) is 0. The van der Waals surface area contributed by atoms with Crippen LogP contribution in [0.5, 0.6) is 0 Å². The number of benzene rings is 8.